The van der Waals surface area contributed by atoms with Crippen molar-refractivity contribution in [2.45, 2.75) is 17.9 Å². The number of nitrogens with zero attached hydrogens (tertiary/aromatic N) is 5. The average molecular weight is 448 g/mol. The predicted molar refractivity (Wildman–Crippen MR) is 112 cm³/mol. The molecule has 0 saturated carbocycles. The largest absolute Gasteiger partial charge is 0.492 e. The first-order chi connectivity index (χ1) is 15.0. The molecular formula is C20H25N5O5S. The van der Waals surface area contributed by atoms with Gasteiger partial charge >= 0.3 is 0 Å². The van der Waals surface area contributed by atoms with Gasteiger partial charge in [0.25, 0.3) is 0 Å². The van der Waals surface area contributed by atoms with E-state index in [9.17, 15) is 8.42 Å². The highest BCUT2D eigenvalue weighted by Gasteiger charge is 2.41. The van der Waals surface area contributed by atoms with Gasteiger partial charge in [-0.15, -0.1) is 0 Å². The second-order valence-corrected chi connectivity index (χ2v) is 9.69. The van der Waals surface area contributed by atoms with Crippen LogP contribution in [0.25, 0.3) is 0 Å². The van der Waals surface area contributed by atoms with Crippen LogP contribution in [0.2, 0.25) is 0 Å². The third-order valence-electron chi connectivity index (χ3n) is 5.98. The number of hydrogen-bond acceptors (Lipinski definition) is 9. The van der Waals surface area contributed by atoms with E-state index in [1.165, 1.54) is 4.31 Å². The molecule has 0 aliphatic carbocycles. The minimum Gasteiger partial charge on any atom is -0.492 e. The van der Waals surface area contributed by atoms with Crippen molar-refractivity contribution in [2.75, 3.05) is 58.6 Å². The normalized spacial score (nSPS) is 19.4. The molecule has 1 aromatic carbocycles. The molecule has 1 fully saturated rings. The topological polar surface area (TPSA) is 97.3 Å². The SMILES string of the molecule is COc1c2c(c(S(=O)(=O)N3CCN(c4ncccn4)CC3)c3c1OCO3)CCN(C)C2. The van der Waals surface area contributed by atoms with Crippen LogP contribution in [0.3, 0.4) is 0 Å². The van der Waals surface area contributed by atoms with Crippen molar-refractivity contribution in [3.05, 3.63) is 29.6 Å². The molecule has 166 valence electrons. The van der Waals surface area contributed by atoms with Crippen LogP contribution in [0.5, 0.6) is 17.2 Å². The van der Waals surface area contributed by atoms with Crippen LogP contribution in [0.15, 0.2) is 23.4 Å². The molecule has 0 unspecified atom stereocenters. The molecule has 5 rings (SSSR count). The molecule has 0 spiro atoms. The number of ether oxygens (including phenoxy) is 3. The summed E-state index contributed by atoms with van der Waals surface area (Å²) in [6.07, 6.45) is 3.98. The van der Waals surface area contributed by atoms with Crippen LogP contribution in [0.1, 0.15) is 11.1 Å². The second-order valence-electron chi connectivity index (χ2n) is 7.81. The Morgan fingerprint density at radius 1 is 1.00 bits per heavy atom. The van der Waals surface area contributed by atoms with Crippen LogP contribution in [0, 0.1) is 0 Å². The maximum Gasteiger partial charge on any atom is 0.247 e. The number of benzene rings is 1. The van der Waals surface area contributed by atoms with Gasteiger partial charge in [-0.3, -0.25) is 0 Å². The van der Waals surface area contributed by atoms with Gasteiger partial charge in [0.05, 0.1) is 7.11 Å². The number of anilines is 1. The van der Waals surface area contributed by atoms with E-state index in [0.29, 0.717) is 56.6 Å². The molecule has 0 radical (unpaired) electrons. The number of sulfonamides is 1. The molecule has 10 nitrogen and oxygen atoms in total. The fraction of sp³-hybridized carbons (Fsp3) is 0.500. The van der Waals surface area contributed by atoms with Crippen LogP contribution >= 0.6 is 0 Å². The first-order valence-electron chi connectivity index (χ1n) is 10.2. The number of piperazine rings is 1. The third-order valence-corrected chi connectivity index (χ3v) is 7.98. The summed E-state index contributed by atoms with van der Waals surface area (Å²) >= 11 is 0. The lowest BCUT2D eigenvalue weighted by atomic mass is 9.97. The molecule has 31 heavy (non-hydrogen) atoms. The zero-order chi connectivity index (χ0) is 21.6. The summed E-state index contributed by atoms with van der Waals surface area (Å²) in [5.41, 5.74) is 1.63. The zero-order valence-electron chi connectivity index (χ0n) is 17.6. The smallest absolute Gasteiger partial charge is 0.247 e. The van der Waals surface area contributed by atoms with E-state index in [4.69, 9.17) is 14.2 Å². The van der Waals surface area contributed by atoms with Gasteiger partial charge in [0.2, 0.25) is 28.5 Å². The summed E-state index contributed by atoms with van der Waals surface area (Å²) < 4.78 is 46.1. The highest BCUT2D eigenvalue weighted by atomic mass is 32.2. The van der Waals surface area contributed by atoms with Crippen molar-refractivity contribution < 1.29 is 22.6 Å². The van der Waals surface area contributed by atoms with Crippen molar-refractivity contribution in [2.24, 2.45) is 0 Å². The number of likely N-dealkylation sites (N-methyl/N-ethyl adjacent to an activating group) is 1. The summed E-state index contributed by atoms with van der Waals surface area (Å²) in [5.74, 6) is 1.83. The van der Waals surface area contributed by atoms with Crippen molar-refractivity contribution in [1.29, 1.82) is 0 Å². The van der Waals surface area contributed by atoms with E-state index >= 15 is 0 Å². The van der Waals surface area contributed by atoms with Crippen LogP contribution in [-0.2, 0) is 23.0 Å². The number of rotatable bonds is 4. The predicted octanol–water partition coefficient (Wildman–Crippen LogP) is 0.713. The Labute approximate surface area is 181 Å². The Bertz CT molecular complexity index is 1090. The molecule has 4 heterocycles. The second kappa shape index (κ2) is 7.81. The summed E-state index contributed by atoms with van der Waals surface area (Å²) in [5, 5.41) is 0. The highest BCUT2D eigenvalue weighted by Crippen LogP contribution is 2.51. The quantitative estimate of drug-likeness (QED) is 0.671. The Morgan fingerprint density at radius 2 is 1.71 bits per heavy atom. The van der Waals surface area contributed by atoms with Gasteiger partial charge in [-0.1, -0.05) is 0 Å². The van der Waals surface area contributed by atoms with Crippen molar-refractivity contribution >= 4 is 16.0 Å². The van der Waals surface area contributed by atoms with Gasteiger partial charge < -0.3 is 24.0 Å². The van der Waals surface area contributed by atoms with Crippen LogP contribution < -0.4 is 19.1 Å². The monoisotopic (exact) mass is 447 g/mol. The Hall–Kier alpha value is -2.63. The molecule has 0 amide bonds. The van der Waals surface area contributed by atoms with Crippen molar-refractivity contribution in [3.8, 4) is 17.2 Å². The van der Waals surface area contributed by atoms with Crippen molar-refractivity contribution in [3.63, 3.8) is 0 Å². The standard InChI is InChI=1S/C20H25N5O5S/c1-23-7-4-14-15(12-23)16(28-2)17-18(30-13-29-17)19(14)31(26,27)25-10-8-24(9-11-25)20-21-5-3-6-22-20/h3,5-6H,4,7-13H2,1-2H3. The highest BCUT2D eigenvalue weighted by molar-refractivity contribution is 7.89. The summed E-state index contributed by atoms with van der Waals surface area (Å²) in [4.78, 5) is 12.9. The third kappa shape index (κ3) is 3.36. The Balaban J connectivity index is 1.51. The Morgan fingerprint density at radius 3 is 2.42 bits per heavy atom. The van der Waals surface area contributed by atoms with E-state index in [-0.39, 0.29) is 17.4 Å². The average Bonchev–Trinajstić information content (AvgIpc) is 3.27. The van der Waals surface area contributed by atoms with E-state index in [2.05, 4.69) is 14.9 Å². The van der Waals surface area contributed by atoms with Gasteiger partial charge in [0.1, 0.15) is 4.90 Å². The number of aromatic nitrogens is 2. The van der Waals surface area contributed by atoms with Gasteiger partial charge in [-0.05, 0) is 25.1 Å². The molecule has 3 aliphatic rings. The lowest BCUT2D eigenvalue weighted by molar-refractivity contribution is 0.169. The first kappa shape index (κ1) is 20.3. The van der Waals surface area contributed by atoms with E-state index in [1.54, 1.807) is 25.6 Å². The molecule has 1 saturated heterocycles. The van der Waals surface area contributed by atoms with E-state index in [1.807, 2.05) is 11.9 Å². The maximum atomic E-state index is 13.8. The van der Waals surface area contributed by atoms with Crippen LogP contribution in [-0.4, -0.2) is 81.3 Å². The fourth-order valence-electron chi connectivity index (χ4n) is 4.45. The molecule has 2 aromatic rings. The lowest BCUT2D eigenvalue weighted by Gasteiger charge is -2.35. The Kier molecular flexibility index (Phi) is 5.11. The van der Waals surface area contributed by atoms with Crippen LogP contribution in [0.4, 0.5) is 5.95 Å². The molecule has 0 atom stereocenters. The fourth-order valence-corrected chi connectivity index (χ4v) is 6.27. The summed E-state index contributed by atoms with van der Waals surface area (Å²) in [6.45, 7) is 3.06. The van der Waals surface area contributed by atoms with Gasteiger partial charge in [-0.25, -0.2) is 18.4 Å². The molecule has 0 N–H and O–H groups in total. The van der Waals surface area contributed by atoms with Gasteiger partial charge in [0.15, 0.2) is 11.5 Å². The minimum absolute atomic E-state index is 0.0218. The minimum atomic E-state index is -3.79. The molecule has 11 heteroatoms. The van der Waals surface area contributed by atoms with Gasteiger partial charge in [-0.2, -0.15) is 4.31 Å². The lowest BCUT2D eigenvalue weighted by Crippen LogP contribution is -2.49. The molecular weight excluding hydrogens is 422 g/mol. The van der Waals surface area contributed by atoms with Crippen molar-refractivity contribution in [1.82, 2.24) is 19.2 Å². The molecule has 0 bridgehead atoms. The molecule has 3 aliphatic heterocycles. The number of hydrogen-bond donors (Lipinski definition) is 0. The van der Waals surface area contributed by atoms with E-state index in [0.717, 1.165) is 17.7 Å². The summed E-state index contributed by atoms with van der Waals surface area (Å²) in [7, 11) is -0.209. The number of methoxy groups -OCH3 is 1. The van der Waals surface area contributed by atoms with E-state index < -0.39 is 10.0 Å². The van der Waals surface area contributed by atoms with Gasteiger partial charge in [0, 0.05) is 57.2 Å². The summed E-state index contributed by atoms with van der Waals surface area (Å²) in [6, 6.07) is 1.76. The number of fused-ring (bicyclic) bond motifs is 2. The maximum absolute atomic E-state index is 13.8. The zero-order valence-corrected chi connectivity index (χ0v) is 18.4. The first-order valence-corrected chi connectivity index (χ1v) is 11.7. The molecule has 1 aromatic heterocycles.